The summed E-state index contributed by atoms with van der Waals surface area (Å²) in [7, 11) is -4.85. The molecule has 0 heterocycles. The second-order valence-corrected chi connectivity index (χ2v) is 4.11. The van der Waals surface area contributed by atoms with Gasteiger partial charge in [0.05, 0.1) is 12.6 Å². The predicted octanol–water partition coefficient (Wildman–Crippen LogP) is -3.01. The molecule has 4 N–H and O–H groups in total. The van der Waals surface area contributed by atoms with E-state index in [9.17, 15) is 14.2 Å². The van der Waals surface area contributed by atoms with Crippen molar-refractivity contribution in [1.82, 2.24) is 5.06 Å². The Labute approximate surface area is 136 Å². The van der Waals surface area contributed by atoms with Crippen molar-refractivity contribution in [3.8, 4) is 0 Å². The zero-order valence-electron chi connectivity index (χ0n) is 6.98. The van der Waals surface area contributed by atoms with Crippen LogP contribution in [0.15, 0.2) is 0 Å². The Morgan fingerprint density at radius 2 is 1.81 bits per heavy atom. The van der Waals surface area contributed by atoms with Gasteiger partial charge in [-0.25, -0.2) is 5.06 Å². The van der Waals surface area contributed by atoms with Crippen molar-refractivity contribution in [2.75, 3.05) is 6.54 Å². The average Bonchev–Trinajstić information content (AvgIpc) is 2.02. The zero-order valence-corrected chi connectivity index (χ0v) is 7.87. The third-order valence-corrected chi connectivity index (χ3v) is 2.09. The first-order valence-electron chi connectivity index (χ1n) is 3.45. The maximum atomic E-state index is 10.6. The van der Waals surface area contributed by atoms with E-state index in [-0.39, 0.29) is 70.6 Å². The van der Waals surface area contributed by atoms with Crippen LogP contribution in [0.4, 0.5) is 0 Å². The fourth-order valence-corrected chi connectivity index (χ4v) is 1.09. The number of carbonyl (C=O) groups is 2. The standard InChI is InChI=1S/C5H10NO7P.2Na.2H/c7-3-6(10)2-4(8)1-5(9)14(11,12)13;;;;/h3-4,8,10H,1-2H2,(H2,11,12,13);;;;. The van der Waals surface area contributed by atoms with Crippen LogP contribution in [0.2, 0.25) is 0 Å². The topological polar surface area (TPSA) is 135 Å². The molecule has 0 fully saturated rings. The van der Waals surface area contributed by atoms with Gasteiger partial charge in [-0.2, -0.15) is 0 Å². The molecule has 0 rings (SSSR count). The van der Waals surface area contributed by atoms with Crippen molar-refractivity contribution in [2.24, 2.45) is 0 Å². The van der Waals surface area contributed by atoms with E-state index in [1.165, 1.54) is 0 Å². The second kappa shape index (κ2) is 10.2. The van der Waals surface area contributed by atoms with E-state index in [0.717, 1.165) is 0 Å². The SMILES string of the molecule is O=CN(O)CC(O)CC(=O)P(=O)(O)O.[NaH].[NaH]. The Morgan fingerprint density at radius 3 is 2.12 bits per heavy atom. The summed E-state index contributed by atoms with van der Waals surface area (Å²) in [6, 6.07) is 0. The van der Waals surface area contributed by atoms with Gasteiger partial charge in [0.1, 0.15) is 0 Å². The third-order valence-electron chi connectivity index (χ3n) is 1.25. The molecule has 0 spiro atoms. The Morgan fingerprint density at radius 1 is 1.38 bits per heavy atom. The number of hydroxylamine groups is 2. The molecule has 0 aliphatic rings. The first-order chi connectivity index (χ1) is 6.27. The Kier molecular flexibility index (Phi) is 14.2. The van der Waals surface area contributed by atoms with Crippen LogP contribution in [0.1, 0.15) is 6.42 Å². The first-order valence-corrected chi connectivity index (χ1v) is 5.06. The van der Waals surface area contributed by atoms with Crippen LogP contribution >= 0.6 is 7.60 Å². The fraction of sp³-hybridized carbons (Fsp3) is 0.600. The van der Waals surface area contributed by atoms with Crippen LogP contribution in [0.3, 0.4) is 0 Å². The maximum absolute atomic E-state index is 10.6. The van der Waals surface area contributed by atoms with Crippen molar-refractivity contribution in [1.29, 1.82) is 0 Å². The van der Waals surface area contributed by atoms with Crippen molar-refractivity contribution >= 4 is 78.6 Å². The molecule has 1 unspecified atom stereocenters. The summed E-state index contributed by atoms with van der Waals surface area (Å²) in [6.45, 7) is -0.588. The number of hydrogen-bond acceptors (Lipinski definition) is 5. The summed E-state index contributed by atoms with van der Waals surface area (Å²) in [4.78, 5) is 37.1. The Hall–Kier alpha value is 1.21. The fourth-order valence-electron chi connectivity index (χ4n) is 0.644. The third kappa shape index (κ3) is 10.4. The van der Waals surface area contributed by atoms with Gasteiger partial charge in [0.2, 0.25) is 11.9 Å². The number of amides is 1. The molecule has 8 nitrogen and oxygen atoms in total. The molecule has 0 aliphatic carbocycles. The number of aliphatic hydroxyl groups excluding tert-OH is 1. The molecule has 0 bridgehead atoms. The van der Waals surface area contributed by atoms with Gasteiger partial charge in [-0.1, -0.05) is 0 Å². The zero-order chi connectivity index (χ0) is 11.4. The molecular weight excluding hydrogens is 263 g/mol. The molecule has 0 aliphatic heterocycles. The van der Waals surface area contributed by atoms with Gasteiger partial charge >= 0.3 is 66.7 Å². The van der Waals surface area contributed by atoms with Crippen LogP contribution in [-0.2, 0) is 14.2 Å². The van der Waals surface area contributed by atoms with Gasteiger partial charge < -0.3 is 14.9 Å². The predicted molar refractivity (Wildman–Crippen MR) is 56.5 cm³/mol. The summed E-state index contributed by atoms with van der Waals surface area (Å²) >= 11 is 0. The minimum atomic E-state index is -4.85. The second-order valence-electron chi connectivity index (χ2n) is 2.52. The molecule has 0 radical (unpaired) electrons. The molecule has 16 heavy (non-hydrogen) atoms. The van der Waals surface area contributed by atoms with E-state index in [0.29, 0.717) is 0 Å². The molecule has 0 aromatic heterocycles. The van der Waals surface area contributed by atoms with E-state index in [1.54, 1.807) is 0 Å². The summed E-state index contributed by atoms with van der Waals surface area (Å²) in [5, 5.41) is 17.6. The minimum absolute atomic E-state index is 0. The van der Waals surface area contributed by atoms with E-state index < -0.39 is 32.2 Å². The van der Waals surface area contributed by atoms with Gasteiger partial charge in [-0.05, 0) is 0 Å². The molecule has 1 amide bonds. The van der Waals surface area contributed by atoms with E-state index in [1.807, 2.05) is 0 Å². The first kappa shape index (κ1) is 22.4. The van der Waals surface area contributed by atoms with Gasteiger partial charge in [0, 0.05) is 6.42 Å². The summed E-state index contributed by atoms with van der Waals surface area (Å²) in [5.74, 6) is 0. The molecular formula is C5H12NNa2O7P. The molecule has 1 atom stereocenters. The van der Waals surface area contributed by atoms with Gasteiger partial charge in [-0.3, -0.25) is 19.4 Å². The van der Waals surface area contributed by atoms with E-state index in [4.69, 9.17) is 20.1 Å². The number of rotatable bonds is 6. The monoisotopic (exact) mass is 275 g/mol. The molecule has 0 saturated carbocycles. The van der Waals surface area contributed by atoms with Crippen molar-refractivity contribution in [3.05, 3.63) is 0 Å². The quantitative estimate of drug-likeness (QED) is 0.133. The van der Waals surface area contributed by atoms with Crippen LogP contribution in [0.5, 0.6) is 0 Å². The molecule has 0 aromatic rings. The van der Waals surface area contributed by atoms with Crippen molar-refractivity contribution in [3.63, 3.8) is 0 Å². The van der Waals surface area contributed by atoms with Crippen LogP contribution < -0.4 is 0 Å². The summed E-state index contributed by atoms with van der Waals surface area (Å²) < 4.78 is 10.3. The molecule has 86 valence electrons. The summed E-state index contributed by atoms with van der Waals surface area (Å²) in [5.41, 5.74) is -1.44. The van der Waals surface area contributed by atoms with Gasteiger partial charge in [0.15, 0.2) is 0 Å². The number of hydrogen-bond donors (Lipinski definition) is 4. The number of carbonyl (C=O) groups excluding carboxylic acids is 2. The van der Waals surface area contributed by atoms with Gasteiger partial charge in [-0.15, -0.1) is 0 Å². The molecule has 0 saturated heterocycles. The van der Waals surface area contributed by atoms with Crippen LogP contribution in [0, 0.1) is 0 Å². The van der Waals surface area contributed by atoms with Crippen LogP contribution in [0.25, 0.3) is 0 Å². The Bertz CT molecular complexity index is 270. The number of aliphatic hydroxyl groups is 1. The van der Waals surface area contributed by atoms with Crippen LogP contribution in [-0.4, -0.2) is 109 Å². The normalized spacial score (nSPS) is 11.8. The average molecular weight is 275 g/mol. The molecule has 11 heteroatoms. The van der Waals surface area contributed by atoms with E-state index in [2.05, 4.69) is 0 Å². The summed E-state index contributed by atoms with van der Waals surface area (Å²) in [6.07, 6.45) is -2.34. The molecule has 0 aromatic carbocycles. The van der Waals surface area contributed by atoms with Crippen molar-refractivity contribution < 1.29 is 34.3 Å². The number of nitrogens with zero attached hydrogens (tertiary/aromatic N) is 1. The Balaban J connectivity index is -0.000000845. The van der Waals surface area contributed by atoms with Gasteiger partial charge in [0.25, 0.3) is 0 Å². The van der Waals surface area contributed by atoms with E-state index >= 15 is 0 Å². The van der Waals surface area contributed by atoms with Crippen molar-refractivity contribution in [2.45, 2.75) is 12.5 Å².